The molecule has 0 bridgehead atoms. The summed E-state index contributed by atoms with van der Waals surface area (Å²) in [4.78, 5) is 26.3. The van der Waals surface area contributed by atoms with Gasteiger partial charge in [-0.05, 0) is 6.42 Å². The molecule has 1 heterocycles. The number of nitrogens with two attached hydrogens (primary N) is 1. The van der Waals surface area contributed by atoms with Gasteiger partial charge in [-0.1, -0.05) is 13.3 Å². The SMILES string of the molecule is CCCCC(=O)Nc1nc(CSCC(N)=O)cs1. The van der Waals surface area contributed by atoms with Crippen molar-refractivity contribution in [1.82, 2.24) is 4.98 Å². The number of amides is 2. The highest BCUT2D eigenvalue weighted by Gasteiger charge is 2.06. The summed E-state index contributed by atoms with van der Waals surface area (Å²) < 4.78 is 0. The second-order valence-corrected chi connectivity index (χ2v) is 5.60. The van der Waals surface area contributed by atoms with Crippen LogP contribution in [0, 0.1) is 0 Å². The zero-order valence-corrected chi connectivity index (χ0v) is 11.9. The topological polar surface area (TPSA) is 85.1 Å². The van der Waals surface area contributed by atoms with Crippen LogP contribution in [-0.4, -0.2) is 22.6 Å². The van der Waals surface area contributed by atoms with E-state index in [2.05, 4.69) is 10.3 Å². The van der Waals surface area contributed by atoms with Crippen molar-refractivity contribution >= 4 is 40.0 Å². The number of aromatic nitrogens is 1. The van der Waals surface area contributed by atoms with Crippen LogP contribution in [0.1, 0.15) is 31.9 Å². The molecule has 0 aromatic carbocycles. The van der Waals surface area contributed by atoms with Crippen molar-refractivity contribution in [3.8, 4) is 0 Å². The van der Waals surface area contributed by atoms with Crippen LogP contribution in [-0.2, 0) is 15.3 Å². The van der Waals surface area contributed by atoms with Gasteiger partial charge in [0, 0.05) is 17.6 Å². The molecule has 0 aliphatic heterocycles. The highest BCUT2D eigenvalue weighted by Crippen LogP contribution is 2.19. The minimum absolute atomic E-state index is 0.00235. The van der Waals surface area contributed by atoms with E-state index in [9.17, 15) is 9.59 Å². The number of carbonyl (C=O) groups excluding carboxylic acids is 2. The van der Waals surface area contributed by atoms with E-state index in [0.29, 0.717) is 17.3 Å². The summed E-state index contributed by atoms with van der Waals surface area (Å²) in [7, 11) is 0. The van der Waals surface area contributed by atoms with Crippen LogP contribution in [0.3, 0.4) is 0 Å². The summed E-state index contributed by atoms with van der Waals surface area (Å²) >= 11 is 2.82. The highest BCUT2D eigenvalue weighted by atomic mass is 32.2. The van der Waals surface area contributed by atoms with E-state index in [1.165, 1.54) is 23.1 Å². The van der Waals surface area contributed by atoms with Gasteiger partial charge in [-0.25, -0.2) is 4.98 Å². The van der Waals surface area contributed by atoms with Crippen LogP contribution >= 0.6 is 23.1 Å². The van der Waals surface area contributed by atoms with E-state index < -0.39 is 0 Å². The van der Waals surface area contributed by atoms with Gasteiger partial charge >= 0.3 is 0 Å². The van der Waals surface area contributed by atoms with Gasteiger partial charge in [0.25, 0.3) is 0 Å². The van der Waals surface area contributed by atoms with Gasteiger partial charge in [-0.2, -0.15) is 0 Å². The number of thiazole rings is 1. The third-order valence-corrected chi connectivity index (χ3v) is 3.84. The smallest absolute Gasteiger partial charge is 0.227 e. The third kappa shape index (κ3) is 6.02. The summed E-state index contributed by atoms with van der Waals surface area (Å²) in [5.41, 5.74) is 5.90. The molecule has 0 saturated carbocycles. The Balaban J connectivity index is 2.33. The van der Waals surface area contributed by atoms with Crippen molar-refractivity contribution in [3.05, 3.63) is 11.1 Å². The van der Waals surface area contributed by atoms with Crippen LogP contribution < -0.4 is 11.1 Å². The summed E-state index contributed by atoms with van der Waals surface area (Å²) in [6, 6.07) is 0. The molecule has 7 heteroatoms. The molecule has 3 N–H and O–H groups in total. The van der Waals surface area contributed by atoms with Crippen LogP contribution in [0.5, 0.6) is 0 Å². The van der Waals surface area contributed by atoms with Crippen LogP contribution in [0.25, 0.3) is 0 Å². The van der Waals surface area contributed by atoms with Crippen LogP contribution in [0.4, 0.5) is 5.13 Å². The number of unbranched alkanes of at least 4 members (excludes halogenated alkanes) is 1. The monoisotopic (exact) mass is 287 g/mol. The van der Waals surface area contributed by atoms with E-state index in [-0.39, 0.29) is 17.6 Å². The number of hydrogen-bond acceptors (Lipinski definition) is 5. The largest absolute Gasteiger partial charge is 0.369 e. The molecular weight excluding hydrogens is 270 g/mol. The van der Waals surface area contributed by atoms with Crippen LogP contribution in [0.2, 0.25) is 0 Å². The Morgan fingerprint density at radius 3 is 3.00 bits per heavy atom. The van der Waals surface area contributed by atoms with Gasteiger partial charge < -0.3 is 11.1 Å². The number of rotatable bonds is 8. The van der Waals surface area contributed by atoms with Crippen molar-refractivity contribution in [3.63, 3.8) is 0 Å². The first-order valence-electron chi connectivity index (χ1n) is 5.72. The average Bonchev–Trinajstić information content (AvgIpc) is 2.73. The maximum absolute atomic E-state index is 11.5. The maximum atomic E-state index is 11.5. The Kier molecular flexibility index (Phi) is 6.74. The van der Waals surface area contributed by atoms with E-state index in [4.69, 9.17) is 5.73 Å². The second kappa shape index (κ2) is 8.10. The maximum Gasteiger partial charge on any atom is 0.227 e. The van der Waals surface area contributed by atoms with Gasteiger partial charge in [-0.15, -0.1) is 23.1 Å². The molecular formula is C11H17N3O2S2. The van der Waals surface area contributed by atoms with Gasteiger partial charge in [0.2, 0.25) is 11.8 Å². The van der Waals surface area contributed by atoms with E-state index in [1.54, 1.807) is 0 Å². The predicted octanol–water partition coefficient (Wildman–Crippen LogP) is 1.99. The first kappa shape index (κ1) is 15.0. The predicted molar refractivity (Wildman–Crippen MR) is 75.6 cm³/mol. The molecule has 0 fully saturated rings. The molecule has 18 heavy (non-hydrogen) atoms. The fourth-order valence-electron chi connectivity index (χ4n) is 1.21. The Morgan fingerprint density at radius 2 is 2.33 bits per heavy atom. The number of nitrogens with zero attached hydrogens (tertiary/aromatic N) is 1. The average molecular weight is 287 g/mol. The number of primary amides is 1. The Bertz CT molecular complexity index is 407. The van der Waals surface area contributed by atoms with Gasteiger partial charge in [-0.3, -0.25) is 9.59 Å². The zero-order chi connectivity index (χ0) is 13.4. The second-order valence-electron chi connectivity index (χ2n) is 3.75. The normalized spacial score (nSPS) is 10.3. The van der Waals surface area contributed by atoms with Crippen molar-refractivity contribution in [2.24, 2.45) is 5.73 Å². The molecule has 2 amide bonds. The van der Waals surface area contributed by atoms with Crippen molar-refractivity contribution in [1.29, 1.82) is 0 Å². The van der Waals surface area contributed by atoms with E-state index in [0.717, 1.165) is 18.5 Å². The summed E-state index contributed by atoms with van der Waals surface area (Å²) in [5.74, 6) is 0.589. The molecule has 5 nitrogen and oxygen atoms in total. The third-order valence-electron chi connectivity index (χ3n) is 2.05. The minimum Gasteiger partial charge on any atom is -0.369 e. The van der Waals surface area contributed by atoms with Gasteiger partial charge in [0.1, 0.15) is 0 Å². The Labute approximate surface area is 115 Å². The molecule has 0 spiro atoms. The van der Waals surface area contributed by atoms with Crippen molar-refractivity contribution in [2.45, 2.75) is 31.9 Å². The lowest BCUT2D eigenvalue weighted by Crippen LogP contribution is -2.13. The molecule has 100 valence electrons. The first-order chi connectivity index (χ1) is 8.61. The van der Waals surface area contributed by atoms with Gasteiger partial charge in [0.05, 0.1) is 11.4 Å². The highest BCUT2D eigenvalue weighted by molar-refractivity contribution is 7.99. The molecule has 1 rings (SSSR count). The summed E-state index contributed by atoms with van der Waals surface area (Å²) in [6.07, 6.45) is 2.42. The first-order valence-corrected chi connectivity index (χ1v) is 7.75. The molecule has 0 aliphatic carbocycles. The summed E-state index contributed by atoms with van der Waals surface area (Å²) in [5, 5.41) is 5.26. The molecule has 0 radical (unpaired) electrons. The lowest BCUT2D eigenvalue weighted by atomic mass is 10.2. The number of thioether (sulfide) groups is 1. The van der Waals surface area contributed by atoms with Crippen molar-refractivity contribution < 1.29 is 9.59 Å². The fraction of sp³-hybridized carbons (Fsp3) is 0.545. The van der Waals surface area contributed by atoms with E-state index >= 15 is 0 Å². The lowest BCUT2D eigenvalue weighted by Gasteiger charge is -1.99. The molecule has 0 unspecified atom stereocenters. The zero-order valence-electron chi connectivity index (χ0n) is 10.3. The number of hydrogen-bond donors (Lipinski definition) is 2. The molecule has 1 aromatic rings. The Morgan fingerprint density at radius 1 is 1.56 bits per heavy atom. The minimum atomic E-state index is -0.330. The molecule has 0 aliphatic rings. The van der Waals surface area contributed by atoms with Crippen molar-refractivity contribution in [2.75, 3.05) is 11.1 Å². The Hall–Kier alpha value is -1.08. The van der Waals surface area contributed by atoms with Gasteiger partial charge in [0.15, 0.2) is 5.13 Å². The molecule has 0 atom stereocenters. The number of carbonyl (C=O) groups is 2. The van der Waals surface area contributed by atoms with E-state index in [1.807, 2.05) is 12.3 Å². The summed E-state index contributed by atoms with van der Waals surface area (Å²) in [6.45, 7) is 2.05. The fourth-order valence-corrected chi connectivity index (χ4v) is 2.70. The standard InChI is InChI=1S/C11H17N3O2S2/c1-2-3-4-10(16)14-11-13-8(6-18-11)5-17-7-9(12)15/h6H,2-5,7H2,1H3,(H2,12,15)(H,13,14,16). The number of anilines is 1. The number of nitrogens with one attached hydrogen (secondary N) is 1. The molecule has 1 aromatic heterocycles. The quantitative estimate of drug-likeness (QED) is 0.765. The van der Waals surface area contributed by atoms with Crippen LogP contribution in [0.15, 0.2) is 5.38 Å². The lowest BCUT2D eigenvalue weighted by molar-refractivity contribution is -0.116. The molecule has 0 saturated heterocycles.